The number of benzene rings is 1. The van der Waals surface area contributed by atoms with Gasteiger partial charge in [-0.15, -0.1) is 0 Å². The lowest BCUT2D eigenvalue weighted by Crippen LogP contribution is -2.09. The molecule has 4 aromatic rings. The Kier molecular flexibility index (Phi) is 4.83. The van der Waals surface area contributed by atoms with Gasteiger partial charge >= 0.3 is 0 Å². The lowest BCUT2D eigenvalue weighted by molar-refractivity contribution is 0.448. The van der Waals surface area contributed by atoms with Crippen LogP contribution in [0.25, 0.3) is 11.3 Å². The molecule has 0 amide bonds. The van der Waals surface area contributed by atoms with Gasteiger partial charge in [-0.3, -0.25) is 0 Å². The summed E-state index contributed by atoms with van der Waals surface area (Å²) in [6, 6.07) is 16.3. The Morgan fingerprint density at radius 1 is 1.04 bits per heavy atom. The van der Waals surface area contributed by atoms with E-state index >= 15 is 0 Å². The van der Waals surface area contributed by atoms with E-state index in [0.29, 0.717) is 6.54 Å². The van der Waals surface area contributed by atoms with Crippen LogP contribution >= 0.6 is 0 Å². The van der Waals surface area contributed by atoms with Gasteiger partial charge in [0.15, 0.2) is 0 Å². The lowest BCUT2D eigenvalue weighted by atomic mass is 9.99. The van der Waals surface area contributed by atoms with Gasteiger partial charge in [-0.2, -0.15) is 0 Å². The monoisotopic (exact) mass is 358 g/mol. The maximum atomic E-state index is 5.85. The molecule has 0 spiro atoms. The highest BCUT2D eigenvalue weighted by Gasteiger charge is 2.19. The third kappa shape index (κ3) is 3.82. The zero-order chi connectivity index (χ0) is 18.6. The predicted octanol–water partition coefficient (Wildman–Crippen LogP) is 4.64. The van der Waals surface area contributed by atoms with Gasteiger partial charge in [-0.25, -0.2) is 15.0 Å². The minimum absolute atomic E-state index is 0.252. The maximum absolute atomic E-state index is 5.85. The molecule has 1 aromatic carbocycles. The van der Waals surface area contributed by atoms with Crippen LogP contribution in [0.1, 0.15) is 35.7 Å². The van der Waals surface area contributed by atoms with Crippen molar-refractivity contribution in [2.75, 3.05) is 0 Å². The van der Waals surface area contributed by atoms with Crippen LogP contribution in [0, 0.1) is 6.92 Å². The highest BCUT2D eigenvalue weighted by atomic mass is 16.3. The normalized spacial score (nSPS) is 12.2. The van der Waals surface area contributed by atoms with Gasteiger partial charge in [-0.1, -0.05) is 37.3 Å². The average molecular weight is 358 g/mol. The second-order valence-electron chi connectivity index (χ2n) is 6.79. The van der Waals surface area contributed by atoms with Crippen LogP contribution in [0.3, 0.4) is 0 Å². The average Bonchev–Trinajstić information content (AvgIpc) is 3.30. The Morgan fingerprint density at radius 3 is 2.59 bits per heavy atom. The molecule has 0 aliphatic rings. The lowest BCUT2D eigenvalue weighted by Gasteiger charge is -2.14. The molecule has 0 aliphatic carbocycles. The van der Waals surface area contributed by atoms with Crippen molar-refractivity contribution in [2.45, 2.75) is 32.7 Å². The molecule has 1 unspecified atom stereocenters. The fourth-order valence-corrected chi connectivity index (χ4v) is 3.29. The summed E-state index contributed by atoms with van der Waals surface area (Å²) >= 11 is 0. The van der Waals surface area contributed by atoms with Crippen LogP contribution in [0.15, 0.2) is 71.8 Å². The Hall–Kier alpha value is -3.21. The summed E-state index contributed by atoms with van der Waals surface area (Å²) in [5, 5.41) is 0. The smallest absolute Gasteiger partial charge is 0.115 e. The molecule has 5 nitrogen and oxygen atoms in total. The first-order chi connectivity index (χ1) is 13.2. The summed E-state index contributed by atoms with van der Waals surface area (Å²) in [5.41, 5.74) is 4.28. The summed E-state index contributed by atoms with van der Waals surface area (Å²) < 4.78 is 8.03. The van der Waals surface area contributed by atoms with Crippen molar-refractivity contribution in [3.05, 3.63) is 90.3 Å². The van der Waals surface area contributed by atoms with Crippen molar-refractivity contribution < 1.29 is 4.42 Å². The van der Waals surface area contributed by atoms with Crippen molar-refractivity contribution in [2.24, 2.45) is 0 Å². The van der Waals surface area contributed by atoms with Gasteiger partial charge < -0.3 is 8.98 Å². The number of aryl methyl sites for hydroxylation is 1. The zero-order valence-corrected chi connectivity index (χ0v) is 15.5. The van der Waals surface area contributed by atoms with Gasteiger partial charge in [0, 0.05) is 23.4 Å². The van der Waals surface area contributed by atoms with Gasteiger partial charge in [0.05, 0.1) is 24.3 Å². The highest BCUT2D eigenvalue weighted by Crippen LogP contribution is 2.29. The van der Waals surface area contributed by atoms with Crippen LogP contribution in [0.5, 0.6) is 0 Å². The molecule has 4 rings (SSSR count). The molecule has 1 atom stereocenters. The van der Waals surface area contributed by atoms with Crippen LogP contribution in [0.2, 0.25) is 0 Å². The van der Waals surface area contributed by atoms with Crippen molar-refractivity contribution >= 4 is 0 Å². The van der Waals surface area contributed by atoms with E-state index in [0.717, 1.165) is 34.9 Å². The summed E-state index contributed by atoms with van der Waals surface area (Å²) in [6.07, 6.45) is 6.09. The van der Waals surface area contributed by atoms with Gasteiger partial charge in [0.1, 0.15) is 17.8 Å². The molecule has 0 saturated heterocycles. The second kappa shape index (κ2) is 7.58. The molecule has 136 valence electrons. The first-order valence-electron chi connectivity index (χ1n) is 9.11. The van der Waals surface area contributed by atoms with Gasteiger partial charge in [-0.05, 0) is 31.5 Å². The Labute approximate surface area is 158 Å². The summed E-state index contributed by atoms with van der Waals surface area (Å²) in [6.45, 7) is 4.83. The topological polar surface area (TPSA) is 56.7 Å². The first kappa shape index (κ1) is 17.2. The van der Waals surface area contributed by atoms with E-state index in [1.165, 1.54) is 5.69 Å². The summed E-state index contributed by atoms with van der Waals surface area (Å²) in [4.78, 5) is 13.1. The van der Waals surface area contributed by atoms with E-state index < -0.39 is 0 Å². The minimum Gasteiger partial charge on any atom is -0.466 e. The molecular formula is C22H22N4O. The number of hydrogen-bond acceptors (Lipinski definition) is 4. The molecule has 0 bridgehead atoms. The molecule has 3 aromatic heterocycles. The summed E-state index contributed by atoms with van der Waals surface area (Å²) in [7, 11) is 0. The van der Waals surface area contributed by atoms with Crippen molar-refractivity contribution in [1.82, 2.24) is 19.5 Å². The third-order valence-electron chi connectivity index (χ3n) is 4.72. The molecule has 5 heteroatoms. The van der Waals surface area contributed by atoms with E-state index in [4.69, 9.17) is 9.40 Å². The Bertz CT molecular complexity index is 1010. The molecule has 3 heterocycles. The molecule has 0 fully saturated rings. The van der Waals surface area contributed by atoms with Gasteiger partial charge in [0.25, 0.3) is 0 Å². The quantitative estimate of drug-likeness (QED) is 0.504. The van der Waals surface area contributed by atoms with Crippen LogP contribution in [0.4, 0.5) is 0 Å². The fraction of sp³-hybridized carbons (Fsp3) is 0.227. The van der Waals surface area contributed by atoms with E-state index in [1.54, 1.807) is 12.5 Å². The van der Waals surface area contributed by atoms with Crippen molar-refractivity contribution in [1.29, 1.82) is 0 Å². The first-order valence-corrected chi connectivity index (χ1v) is 9.11. The van der Waals surface area contributed by atoms with E-state index in [1.807, 2.05) is 43.6 Å². The highest BCUT2D eigenvalue weighted by molar-refractivity contribution is 5.62. The number of hydrogen-bond donors (Lipinski definition) is 0. The van der Waals surface area contributed by atoms with Crippen LogP contribution in [-0.2, 0) is 13.0 Å². The SMILES string of the molecule is Cc1ccc(C(C)Cc2c(-c3ccccc3)ncn2Cc2ccncn2)o1. The maximum Gasteiger partial charge on any atom is 0.115 e. The number of rotatable bonds is 6. The number of aromatic nitrogens is 4. The molecular weight excluding hydrogens is 336 g/mol. The predicted molar refractivity (Wildman–Crippen MR) is 104 cm³/mol. The van der Waals surface area contributed by atoms with Gasteiger partial charge in [0.2, 0.25) is 0 Å². The molecule has 0 radical (unpaired) electrons. The number of nitrogens with zero attached hydrogens (tertiary/aromatic N) is 4. The number of furan rings is 1. The Morgan fingerprint density at radius 2 is 1.89 bits per heavy atom. The Balaban J connectivity index is 1.70. The van der Waals surface area contributed by atoms with Crippen molar-refractivity contribution in [3.63, 3.8) is 0 Å². The largest absolute Gasteiger partial charge is 0.466 e. The molecule has 0 saturated carbocycles. The summed E-state index contributed by atoms with van der Waals surface area (Å²) in [5.74, 6) is 2.19. The molecule has 0 aliphatic heterocycles. The fourth-order valence-electron chi connectivity index (χ4n) is 3.29. The molecule has 0 N–H and O–H groups in total. The third-order valence-corrected chi connectivity index (χ3v) is 4.72. The van der Waals surface area contributed by atoms with Crippen LogP contribution in [-0.4, -0.2) is 19.5 Å². The zero-order valence-electron chi connectivity index (χ0n) is 15.5. The molecule has 27 heavy (non-hydrogen) atoms. The van der Waals surface area contributed by atoms with E-state index in [-0.39, 0.29) is 5.92 Å². The van der Waals surface area contributed by atoms with Crippen molar-refractivity contribution in [3.8, 4) is 11.3 Å². The standard InChI is InChI=1S/C22H22N4O/c1-16(21-9-8-17(2)27-21)12-20-22(18-6-4-3-5-7-18)25-15-26(20)13-19-10-11-23-14-24-19/h3-11,14-16H,12-13H2,1-2H3. The number of imidazole rings is 1. The second-order valence-corrected chi connectivity index (χ2v) is 6.79. The van der Waals surface area contributed by atoms with E-state index in [9.17, 15) is 0 Å². The minimum atomic E-state index is 0.252. The van der Waals surface area contributed by atoms with E-state index in [2.05, 4.69) is 39.7 Å². The van der Waals surface area contributed by atoms with Crippen LogP contribution < -0.4 is 0 Å².